The third-order valence-electron chi connectivity index (χ3n) is 2.72. The van der Waals surface area contributed by atoms with E-state index in [0.29, 0.717) is 5.56 Å². The van der Waals surface area contributed by atoms with Crippen molar-refractivity contribution in [1.82, 2.24) is 9.89 Å². The molecule has 4 nitrogen and oxygen atoms in total. The van der Waals surface area contributed by atoms with Crippen molar-refractivity contribution >= 4 is 16.8 Å². The van der Waals surface area contributed by atoms with E-state index in [2.05, 4.69) is 10.5 Å². The highest BCUT2D eigenvalue weighted by molar-refractivity contribution is 6.00. The van der Waals surface area contributed by atoms with Crippen LogP contribution in [0, 0.1) is 0 Å². The average molecular weight is 237 g/mol. The second-order valence-electron chi connectivity index (χ2n) is 3.92. The SMILES string of the molecule is O=C(Nn1ncc2ccccc21)c1ccccc1. The van der Waals surface area contributed by atoms with Crippen molar-refractivity contribution in [3.05, 3.63) is 66.4 Å². The standard InChI is InChI=1S/C14H11N3O/c18-14(11-6-2-1-3-7-11)16-17-13-9-5-4-8-12(13)10-15-17/h1-10H,(H,16,18). The van der Waals surface area contributed by atoms with Gasteiger partial charge in [-0.1, -0.05) is 36.4 Å². The van der Waals surface area contributed by atoms with Gasteiger partial charge in [-0.15, -0.1) is 0 Å². The van der Waals surface area contributed by atoms with Gasteiger partial charge in [0.1, 0.15) is 0 Å². The zero-order valence-corrected chi connectivity index (χ0v) is 9.58. The molecule has 0 aliphatic carbocycles. The van der Waals surface area contributed by atoms with Gasteiger partial charge in [0.05, 0.1) is 11.7 Å². The predicted molar refractivity (Wildman–Crippen MR) is 69.9 cm³/mol. The van der Waals surface area contributed by atoms with Gasteiger partial charge in [-0.25, -0.2) is 5.43 Å². The highest BCUT2D eigenvalue weighted by atomic mass is 16.2. The van der Waals surface area contributed by atoms with E-state index in [1.807, 2.05) is 42.5 Å². The normalized spacial score (nSPS) is 10.4. The summed E-state index contributed by atoms with van der Waals surface area (Å²) in [5.74, 6) is -0.176. The fourth-order valence-electron chi connectivity index (χ4n) is 1.81. The van der Waals surface area contributed by atoms with Crippen LogP contribution >= 0.6 is 0 Å². The summed E-state index contributed by atoms with van der Waals surface area (Å²) < 4.78 is 0. The van der Waals surface area contributed by atoms with Gasteiger partial charge < -0.3 is 0 Å². The minimum atomic E-state index is -0.176. The average Bonchev–Trinajstić information content (AvgIpc) is 2.83. The van der Waals surface area contributed by atoms with E-state index in [-0.39, 0.29) is 5.91 Å². The number of hydrogen-bond donors (Lipinski definition) is 1. The number of aromatic nitrogens is 2. The predicted octanol–water partition coefficient (Wildman–Crippen LogP) is 2.42. The summed E-state index contributed by atoms with van der Waals surface area (Å²) in [7, 11) is 0. The van der Waals surface area contributed by atoms with Gasteiger partial charge in [-0.2, -0.15) is 9.89 Å². The molecule has 0 atom stereocenters. The van der Waals surface area contributed by atoms with Crippen LogP contribution in [0.5, 0.6) is 0 Å². The zero-order valence-electron chi connectivity index (χ0n) is 9.58. The molecule has 0 fully saturated rings. The third kappa shape index (κ3) is 1.84. The molecule has 3 rings (SSSR count). The number of amides is 1. The van der Waals surface area contributed by atoms with Crippen LogP contribution in [0.15, 0.2) is 60.8 Å². The fourth-order valence-corrected chi connectivity index (χ4v) is 1.81. The molecule has 0 aliphatic rings. The van der Waals surface area contributed by atoms with Crippen molar-refractivity contribution in [2.75, 3.05) is 5.43 Å². The Morgan fingerprint density at radius 3 is 2.56 bits per heavy atom. The van der Waals surface area contributed by atoms with E-state index in [0.717, 1.165) is 10.9 Å². The minimum absolute atomic E-state index is 0.176. The van der Waals surface area contributed by atoms with Crippen molar-refractivity contribution < 1.29 is 4.79 Å². The molecule has 0 saturated carbocycles. The Morgan fingerprint density at radius 2 is 1.72 bits per heavy atom. The number of rotatable bonds is 2. The molecule has 0 spiro atoms. The Hall–Kier alpha value is -2.62. The summed E-state index contributed by atoms with van der Waals surface area (Å²) in [4.78, 5) is 13.5. The van der Waals surface area contributed by atoms with Crippen LogP contribution < -0.4 is 5.43 Å². The first kappa shape index (κ1) is 10.5. The van der Waals surface area contributed by atoms with Crippen molar-refractivity contribution in [2.45, 2.75) is 0 Å². The van der Waals surface area contributed by atoms with E-state index < -0.39 is 0 Å². The first-order chi connectivity index (χ1) is 8.84. The lowest BCUT2D eigenvalue weighted by Crippen LogP contribution is -2.23. The van der Waals surface area contributed by atoms with Gasteiger partial charge in [-0.05, 0) is 18.2 Å². The molecule has 4 heteroatoms. The molecule has 0 saturated heterocycles. The van der Waals surface area contributed by atoms with E-state index in [1.54, 1.807) is 18.3 Å². The van der Waals surface area contributed by atoms with Gasteiger partial charge in [0.25, 0.3) is 5.91 Å². The van der Waals surface area contributed by atoms with Gasteiger partial charge in [-0.3, -0.25) is 4.79 Å². The number of carbonyl (C=O) groups is 1. The molecule has 0 aliphatic heterocycles. The zero-order chi connectivity index (χ0) is 12.4. The third-order valence-corrected chi connectivity index (χ3v) is 2.72. The molecule has 1 aromatic heterocycles. The topological polar surface area (TPSA) is 46.9 Å². The maximum absolute atomic E-state index is 12.0. The van der Waals surface area contributed by atoms with Crippen LogP contribution in [0.3, 0.4) is 0 Å². The van der Waals surface area contributed by atoms with Crippen LogP contribution in [0.2, 0.25) is 0 Å². The van der Waals surface area contributed by atoms with Crippen LogP contribution in [-0.4, -0.2) is 15.8 Å². The van der Waals surface area contributed by atoms with Crippen molar-refractivity contribution in [1.29, 1.82) is 0 Å². The Bertz CT molecular complexity index is 688. The Morgan fingerprint density at radius 1 is 1.00 bits per heavy atom. The number of fused-ring (bicyclic) bond motifs is 1. The molecule has 0 bridgehead atoms. The van der Waals surface area contributed by atoms with Crippen molar-refractivity contribution in [2.24, 2.45) is 0 Å². The lowest BCUT2D eigenvalue weighted by Gasteiger charge is -2.05. The largest absolute Gasteiger partial charge is 0.271 e. The fraction of sp³-hybridized carbons (Fsp3) is 0. The lowest BCUT2D eigenvalue weighted by molar-refractivity contribution is 0.101. The quantitative estimate of drug-likeness (QED) is 0.744. The van der Waals surface area contributed by atoms with Crippen LogP contribution in [-0.2, 0) is 0 Å². The first-order valence-electron chi connectivity index (χ1n) is 5.64. The van der Waals surface area contributed by atoms with E-state index in [4.69, 9.17) is 0 Å². The number of nitrogens with one attached hydrogen (secondary N) is 1. The van der Waals surface area contributed by atoms with Crippen molar-refractivity contribution in [3.63, 3.8) is 0 Å². The van der Waals surface area contributed by atoms with Gasteiger partial charge in [0.2, 0.25) is 0 Å². The second-order valence-corrected chi connectivity index (χ2v) is 3.92. The molecule has 1 amide bonds. The Kier molecular flexibility index (Phi) is 2.53. The van der Waals surface area contributed by atoms with Crippen LogP contribution in [0.1, 0.15) is 10.4 Å². The molecular formula is C14H11N3O. The smallest absolute Gasteiger partial charge is 0.267 e. The molecule has 1 heterocycles. The van der Waals surface area contributed by atoms with E-state index in [1.165, 1.54) is 4.79 Å². The molecule has 0 radical (unpaired) electrons. The summed E-state index contributed by atoms with van der Waals surface area (Å²) in [6.45, 7) is 0. The maximum atomic E-state index is 12.0. The highest BCUT2D eigenvalue weighted by Crippen LogP contribution is 2.11. The Labute approximate surface area is 104 Å². The number of para-hydroxylation sites is 1. The van der Waals surface area contributed by atoms with Gasteiger partial charge in [0.15, 0.2) is 0 Å². The summed E-state index contributed by atoms with van der Waals surface area (Å²) in [6, 6.07) is 16.8. The second kappa shape index (κ2) is 4.33. The molecule has 88 valence electrons. The number of carbonyl (C=O) groups excluding carboxylic acids is 1. The number of nitrogens with zero attached hydrogens (tertiary/aromatic N) is 2. The molecule has 3 aromatic rings. The van der Waals surface area contributed by atoms with Gasteiger partial charge in [0, 0.05) is 10.9 Å². The first-order valence-corrected chi connectivity index (χ1v) is 5.64. The summed E-state index contributed by atoms with van der Waals surface area (Å²) >= 11 is 0. The molecule has 18 heavy (non-hydrogen) atoms. The Balaban J connectivity index is 1.91. The maximum Gasteiger partial charge on any atom is 0.271 e. The van der Waals surface area contributed by atoms with Crippen LogP contribution in [0.25, 0.3) is 10.9 Å². The molecule has 0 unspecified atom stereocenters. The highest BCUT2D eigenvalue weighted by Gasteiger charge is 2.07. The number of benzene rings is 2. The summed E-state index contributed by atoms with van der Waals surface area (Å²) in [5.41, 5.74) is 4.23. The summed E-state index contributed by atoms with van der Waals surface area (Å²) in [6.07, 6.45) is 1.72. The van der Waals surface area contributed by atoms with Crippen LogP contribution in [0.4, 0.5) is 0 Å². The number of hydrogen-bond acceptors (Lipinski definition) is 2. The molecule has 1 N–H and O–H groups in total. The van der Waals surface area contributed by atoms with E-state index >= 15 is 0 Å². The van der Waals surface area contributed by atoms with Gasteiger partial charge >= 0.3 is 0 Å². The molecular weight excluding hydrogens is 226 g/mol. The summed E-state index contributed by atoms with van der Waals surface area (Å²) in [5, 5.41) is 5.14. The monoisotopic (exact) mass is 237 g/mol. The van der Waals surface area contributed by atoms with E-state index in [9.17, 15) is 4.79 Å². The lowest BCUT2D eigenvalue weighted by atomic mass is 10.2. The minimum Gasteiger partial charge on any atom is -0.267 e. The van der Waals surface area contributed by atoms with Crippen molar-refractivity contribution in [3.8, 4) is 0 Å². The molecule has 2 aromatic carbocycles.